The van der Waals surface area contributed by atoms with Crippen LogP contribution < -0.4 is 9.47 Å². The lowest BCUT2D eigenvalue weighted by Crippen LogP contribution is -1.93. The van der Waals surface area contributed by atoms with Crippen LogP contribution in [0.2, 0.25) is 10.3 Å². The van der Waals surface area contributed by atoms with Crippen molar-refractivity contribution in [2.24, 2.45) is 0 Å². The highest BCUT2D eigenvalue weighted by atomic mass is 35.5. The summed E-state index contributed by atoms with van der Waals surface area (Å²) in [5, 5.41) is 19.5. The van der Waals surface area contributed by atoms with Gasteiger partial charge < -0.3 is 23.6 Å². The molecule has 0 aliphatic carbocycles. The van der Waals surface area contributed by atoms with Crippen molar-refractivity contribution in [2.75, 3.05) is 0 Å². The smallest absolute Gasteiger partial charge is 0.233 e. The molecule has 0 unspecified atom stereocenters. The minimum atomic E-state index is -0.104. The molecule has 156 valence electrons. The summed E-state index contributed by atoms with van der Waals surface area (Å²) in [5.41, 5.74) is 2.02. The number of aryl methyl sites for hydroxylation is 2. The predicted molar refractivity (Wildman–Crippen MR) is 111 cm³/mol. The van der Waals surface area contributed by atoms with Gasteiger partial charge in [0.15, 0.2) is 11.2 Å². The Hall–Kier alpha value is -3.56. The molecule has 0 bridgehead atoms. The molecule has 1 N–H and O–H groups in total. The molecule has 31 heavy (non-hydrogen) atoms. The van der Waals surface area contributed by atoms with E-state index in [-0.39, 0.29) is 39.3 Å². The lowest BCUT2D eigenvalue weighted by atomic mass is 10.2. The Labute approximate surface area is 184 Å². The number of hydrogen-bond acceptors (Lipinski definition) is 9. The number of rotatable bonds is 4. The fourth-order valence-corrected chi connectivity index (χ4v) is 3.48. The first-order chi connectivity index (χ1) is 14.9. The summed E-state index contributed by atoms with van der Waals surface area (Å²) in [7, 11) is 0. The quantitative estimate of drug-likeness (QED) is 0.324. The SMILES string of the molecule is Cc1noc2cc(Cl)nc(Oc3cc(O)cc(Oc4nc(Cl)cc5onc(C)c45)c3)c12. The van der Waals surface area contributed by atoms with Crippen molar-refractivity contribution in [1.82, 2.24) is 20.3 Å². The van der Waals surface area contributed by atoms with E-state index in [9.17, 15) is 5.11 Å². The second-order valence-corrected chi connectivity index (χ2v) is 7.42. The number of halogens is 2. The molecular formula is C20H12Cl2N4O5. The Morgan fingerprint density at radius 1 is 0.742 bits per heavy atom. The van der Waals surface area contributed by atoms with Gasteiger partial charge in [-0.05, 0) is 13.8 Å². The average Bonchev–Trinajstić information content (AvgIpc) is 3.24. The van der Waals surface area contributed by atoms with Gasteiger partial charge in [0, 0.05) is 30.3 Å². The fourth-order valence-electron chi connectivity index (χ4n) is 3.12. The summed E-state index contributed by atoms with van der Waals surface area (Å²) in [6, 6.07) is 7.43. The summed E-state index contributed by atoms with van der Waals surface area (Å²) in [4.78, 5) is 8.40. The Morgan fingerprint density at radius 2 is 1.19 bits per heavy atom. The zero-order valence-corrected chi connectivity index (χ0v) is 17.5. The van der Waals surface area contributed by atoms with Crippen molar-refractivity contribution in [3.05, 3.63) is 52.0 Å². The predicted octanol–water partition coefficient (Wildman–Crippen LogP) is 5.97. The van der Waals surface area contributed by atoms with Crippen LogP contribution in [0.15, 0.2) is 39.4 Å². The van der Waals surface area contributed by atoms with Gasteiger partial charge in [-0.25, -0.2) is 9.97 Å². The number of aromatic hydroxyl groups is 1. The van der Waals surface area contributed by atoms with Gasteiger partial charge in [-0.1, -0.05) is 33.5 Å². The summed E-state index contributed by atoms with van der Waals surface area (Å²) in [6.45, 7) is 3.51. The van der Waals surface area contributed by atoms with Gasteiger partial charge >= 0.3 is 0 Å². The molecular weight excluding hydrogens is 447 g/mol. The molecule has 0 fully saturated rings. The van der Waals surface area contributed by atoms with Crippen LogP contribution in [-0.4, -0.2) is 25.4 Å². The minimum Gasteiger partial charge on any atom is -0.508 e. The number of phenols is 1. The number of ether oxygens (including phenoxy) is 2. The van der Waals surface area contributed by atoms with Gasteiger partial charge in [-0.3, -0.25) is 0 Å². The van der Waals surface area contributed by atoms with E-state index in [2.05, 4.69) is 20.3 Å². The highest BCUT2D eigenvalue weighted by molar-refractivity contribution is 6.30. The van der Waals surface area contributed by atoms with Crippen LogP contribution in [0.5, 0.6) is 29.0 Å². The Bertz CT molecular complexity index is 1360. The van der Waals surface area contributed by atoms with Gasteiger partial charge in [0.05, 0.1) is 11.4 Å². The number of nitrogens with zero attached hydrogens (tertiary/aromatic N) is 4. The number of hydrogen-bond donors (Lipinski definition) is 1. The summed E-state index contributed by atoms with van der Waals surface area (Å²) in [6.07, 6.45) is 0. The van der Waals surface area contributed by atoms with Crippen molar-refractivity contribution in [1.29, 1.82) is 0 Å². The van der Waals surface area contributed by atoms with Crippen LogP contribution >= 0.6 is 23.2 Å². The maximum Gasteiger partial charge on any atom is 0.233 e. The van der Waals surface area contributed by atoms with Crippen LogP contribution in [0.3, 0.4) is 0 Å². The van der Waals surface area contributed by atoms with E-state index in [1.54, 1.807) is 19.9 Å². The normalized spacial score (nSPS) is 11.4. The van der Waals surface area contributed by atoms with Crippen molar-refractivity contribution in [3.63, 3.8) is 0 Å². The summed E-state index contributed by atoms with van der Waals surface area (Å²) in [5.74, 6) is 0.735. The van der Waals surface area contributed by atoms with Crippen LogP contribution in [0.25, 0.3) is 21.9 Å². The molecule has 11 heteroatoms. The molecule has 4 heterocycles. The topological polar surface area (TPSA) is 117 Å². The second-order valence-electron chi connectivity index (χ2n) is 6.65. The van der Waals surface area contributed by atoms with Crippen LogP contribution in [0, 0.1) is 13.8 Å². The first-order valence-corrected chi connectivity index (χ1v) is 9.68. The molecule has 4 aromatic heterocycles. The highest BCUT2D eigenvalue weighted by Gasteiger charge is 2.18. The number of pyridine rings is 2. The van der Waals surface area contributed by atoms with Crippen molar-refractivity contribution in [2.45, 2.75) is 13.8 Å². The van der Waals surface area contributed by atoms with Crippen molar-refractivity contribution in [3.8, 4) is 29.0 Å². The van der Waals surface area contributed by atoms with E-state index in [0.29, 0.717) is 33.3 Å². The molecule has 0 saturated heterocycles. The third-order valence-corrected chi connectivity index (χ3v) is 4.80. The van der Waals surface area contributed by atoms with E-state index in [4.69, 9.17) is 41.7 Å². The lowest BCUT2D eigenvalue weighted by Gasteiger charge is -2.10. The molecule has 0 spiro atoms. The third kappa shape index (κ3) is 3.58. The molecule has 0 aliphatic heterocycles. The Balaban J connectivity index is 1.54. The summed E-state index contributed by atoms with van der Waals surface area (Å²) >= 11 is 12.1. The molecule has 1 aromatic carbocycles. The average molecular weight is 459 g/mol. The molecule has 0 amide bonds. The van der Waals surface area contributed by atoms with E-state index in [1.807, 2.05) is 0 Å². The number of benzene rings is 1. The standard InChI is InChI=1S/C20H12Cl2N4O5/c1-8-17-13(30-25-8)6-15(21)23-19(17)28-11-3-10(27)4-12(5-11)29-20-18-9(2)26-31-14(18)7-16(22)24-20/h3-7,27H,1-2H3. The molecule has 5 rings (SSSR count). The van der Waals surface area contributed by atoms with Crippen LogP contribution in [-0.2, 0) is 0 Å². The fraction of sp³-hybridized carbons (Fsp3) is 0.100. The van der Waals surface area contributed by atoms with Crippen LogP contribution in [0.4, 0.5) is 0 Å². The van der Waals surface area contributed by atoms with E-state index < -0.39 is 0 Å². The molecule has 5 aromatic rings. The zero-order valence-electron chi connectivity index (χ0n) is 16.0. The Morgan fingerprint density at radius 3 is 1.65 bits per heavy atom. The monoisotopic (exact) mass is 458 g/mol. The molecule has 0 aliphatic rings. The second kappa shape index (κ2) is 7.29. The van der Waals surface area contributed by atoms with Gasteiger partial charge in [0.2, 0.25) is 11.8 Å². The van der Waals surface area contributed by atoms with Crippen molar-refractivity contribution >= 4 is 45.1 Å². The number of fused-ring (bicyclic) bond motifs is 2. The largest absolute Gasteiger partial charge is 0.508 e. The van der Waals surface area contributed by atoms with E-state index >= 15 is 0 Å². The molecule has 9 nitrogen and oxygen atoms in total. The van der Waals surface area contributed by atoms with Gasteiger partial charge in [0.25, 0.3) is 0 Å². The zero-order chi connectivity index (χ0) is 21.7. The maximum atomic E-state index is 10.2. The van der Waals surface area contributed by atoms with E-state index in [1.165, 1.54) is 24.3 Å². The van der Waals surface area contributed by atoms with Gasteiger partial charge in [-0.2, -0.15) is 0 Å². The van der Waals surface area contributed by atoms with Crippen molar-refractivity contribution < 1.29 is 23.6 Å². The minimum absolute atomic E-state index is 0.104. The van der Waals surface area contributed by atoms with Crippen LogP contribution in [0.1, 0.15) is 11.4 Å². The molecule has 0 saturated carbocycles. The van der Waals surface area contributed by atoms with Gasteiger partial charge in [-0.15, -0.1) is 0 Å². The Kier molecular flexibility index (Phi) is 4.57. The number of aromatic nitrogens is 4. The lowest BCUT2D eigenvalue weighted by molar-refractivity contribution is 0.427. The first-order valence-electron chi connectivity index (χ1n) is 8.92. The molecule has 0 atom stereocenters. The molecule has 0 radical (unpaired) electrons. The van der Waals surface area contributed by atoms with Gasteiger partial charge in [0.1, 0.15) is 38.3 Å². The van der Waals surface area contributed by atoms with E-state index in [0.717, 1.165) is 0 Å². The summed E-state index contributed by atoms with van der Waals surface area (Å²) < 4.78 is 22.2. The maximum absolute atomic E-state index is 10.2. The number of phenolic OH excluding ortho intramolecular Hbond substituents is 1. The highest BCUT2D eigenvalue weighted by Crippen LogP contribution is 2.38. The third-order valence-electron chi connectivity index (χ3n) is 4.42. The first kappa shape index (κ1) is 19.4.